The second-order valence-electron chi connectivity index (χ2n) is 10.4. The van der Waals surface area contributed by atoms with Crippen molar-refractivity contribution in [1.29, 1.82) is 0 Å². The lowest BCUT2D eigenvalue weighted by molar-refractivity contribution is -0.152. The third kappa shape index (κ3) is 5.72. The summed E-state index contributed by atoms with van der Waals surface area (Å²) in [5.41, 5.74) is 2.15. The van der Waals surface area contributed by atoms with Gasteiger partial charge in [0.05, 0.1) is 6.54 Å². The van der Waals surface area contributed by atoms with Gasteiger partial charge in [0.25, 0.3) is 5.91 Å². The Bertz CT molecular complexity index is 1120. The first-order chi connectivity index (χ1) is 16.9. The molecule has 1 saturated heterocycles. The topological polar surface area (TPSA) is 87.2 Å². The zero-order valence-corrected chi connectivity index (χ0v) is 22.3. The highest BCUT2D eigenvalue weighted by atomic mass is 16.5. The first-order valence-electron chi connectivity index (χ1n) is 12.6. The summed E-state index contributed by atoms with van der Waals surface area (Å²) in [6.07, 6.45) is 2.80. The summed E-state index contributed by atoms with van der Waals surface area (Å²) < 4.78 is 5.57. The number of amides is 3. The summed E-state index contributed by atoms with van der Waals surface area (Å²) in [7, 11) is 0. The van der Waals surface area contributed by atoms with E-state index < -0.39 is 17.1 Å². The minimum atomic E-state index is -1.31. The largest absolute Gasteiger partial charge is 0.478 e. The van der Waals surface area contributed by atoms with E-state index in [-0.39, 0.29) is 18.5 Å². The zero-order valence-electron chi connectivity index (χ0n) is 22.3. The predicted molar refractivity (Wildman–Crippen MR) is 139 cm³/mol. The van der Waals surface area contributed by atoms with E-state index in [0.717, 1.165) is 36.0 Å². The Morgan fingerprint density at radius 3 is 2.25 bits per heavy atom. The molecule has 1 N–H and O–H groups in total. The Morgan fingerprint density at radius 2 is 1.67 bits per heavy atom. The van der Waals surface area contributed by atoms with Crippen molar-refractivity contribution in [2.45, 2.75) is 84.9 Å². The van der Waals surface area contributed by atoms with E-state index in [9.17, 15) is 19.5 Å². The number of imide groups is 1. The molecule has 0 aliphatic carbocycles. The van der Waals surface area contributed by atoms with Crippen LogP contribution in [0.5, 0.6) is 5.75 Å². The van der Waals surface area contributed by atoms with Crippen molar-refractivity contribution < 1.29 is 24.2 Å². The standard InChI is InChI=1S/C29H38N2O5/c1-7-17-31-27(35)30(19-23-11-10-20(2)21(3)18-23)25(32)29(31,6)16-8-9-22-12-14-24(15-13-22)36-28(4,5)26(33)34/h10-15,18H,7-9,16-17,19H2,1-6H3,(H,33,34). The SMILES string of the molecule is CCCN1C(=O)N(Cc2ccc(C)c(C)c2)C(=O)C1(C)CCCc1ccc(OC(C)(C)C(=O)O)cc1. The number of carbonyl (C=O) groups excluding carboxylic acids is 2. The Kier molecular flexibility index (Phi) is 8.12. The Balaban J connectivity index is 1.68. The Labute approximate surface area is 214 Å². The van der Waals surface area contributed by atoms with Crippen molar-refractivity contribution >= 4 is 17.9 Å². The van der Waals surface area contributed by atoms with Crippen LogP contribution >= 0.6 is 0 Å². The van der Waals surface area contributed by atoms with Crippen LogP contribution in [0.2, 0.25) is 0 Å². The highest BCUT2D eigenvalue weighted by Gasteiger charge is 2.53. The van der Waals surface area contributed by atoms with Crippen LogP contribution in [-0.4, -0.2) is 50.5 Å². The molecule has 2 aromatic carbocycles. The van der Waals surface area contributed by atoms with E-state index in [0.29, 0.717) is 18.7 Å². The van der Waals surface area contributed by atoms with Crippen LogP contribution in [0.4, 0.5) is 4.79 Å². The first kappa shape index (κ1) is 27.2. The second-order valence-corrected chi connectivity index (χ2v) is 10.4. The molecule has 3 rings (SSSR count). The summed E-state index contributed by atoms with van der Waals surface area (Å²) >= 11 is 0. The smallest absolute Gasteiger partial charge is 0.347 e. The summed E-state index contributed by atoms with van der Waals surface area (Å²) in [6.45, 7) is 11.8. The highest BCUT2D eigenvalue weighted by molar-refractivity contribution is 6.06. The van der Waals surface area contributed by atoms with Gasteiger partial charge < -0.3 is 14.7 Å². The number of hydrogen-bond acceptors (Lipinski definition) is 4. The molecule has 1 unspecified atom stereocenters. The fraction of sp³-hybridized carbons (Fsp3) is 0.483. The number of carboxylic acids is 1. The van der Waals surface area contributed by atoms with Crippen molar-refractivity contribution in [2.75, 3.05) is 6.54 Å². The van der Waals surface area contributed by atoms with E-state index >= 15 is 0 Å². The molecule has 0 saturated carbocycles. The van der Waals surface area contributed by atoms with Gasteiger partial charge in [-0.25, -0.2) is 9.59 Å². The number of benzene rings is 2. The lowest BCUT2D eigenvalue weighted by Crippen LogP contribution is -2.47. The minimum absolute atomic E-state index is 0.140. The molecule has 36 heavy (non-hydrogen) atoms. The van der Waals surface area contributed by atoms with Gasteiger partial charge >= 0.3 is 12.0 Å². The monoisotopic (exact) mass is 494 g/mol. The number of aryl methyl sites for hydroxylation is 3. The molecule has 3 amide bonds. The molecule has 2 aromatic rings. The minimum Gasteiger partial charge on any atom is -0.478 e. The molecule has 1 fully saturated rings. The number of carboxylic acid groups (broad SMARTS) is 1. The molecular formula is C29H38N2O5. The lowest BCUT2D eigenvalue weighted by atomic mass is 9.91. The number of carbonyl (C=O) groups is 3. The van der Waals surface area contributed by atoms with Gasteiger partial charge in [-0.05, 0) is 94.7 Å². The molecule has 1 aliphatic heterocycles. The van der Waals surface area contributed by atoms with E-state index in [2.05, 4.69) is 0 Å². The van der Waals surface area contributed by atoms with Crippen LogP contribution in [0, 0.1) is 13.8 Å². The molecule has 1 heterocycles. The summed E-state index contributed by atoms with van der Waals surface area (Å²) in [6, 6.07) is 13.2. The molecule has 0 radical (unpaired) electrons. The van der Waals surface area contributed by atoms with E-state index in [1.165, 1.54) is 24.3 Å². The predicted octanol–water partition coefficient (Wildman–Crippen LogP) is 5.50. The summed E-state index contributed by atoms with van der Waals surface area (Å²) in [5.74, 6) is -0.677. The van der Waals surface area contributed by atoms with Crippen LogP contribution in [0.1, 0.15) is 69.2 Å². The van der Waals surface area contributed by atoms with Crippen molar-refractivity contribution in [3.63, 3.8) is 0 Å². The molecule has 0 spiro atoms. The van der Waals surface area contributed by atoms with Crippen LogP contribution in [0.3, 0.4) is 0 Å². The number of aliphatic carboxylic acids is 1. The molecule has 1 atom stereocenters. The lowest BCUT2D eigenvalue weighted by Gasteiger charge is -2.31. The fourth-order valence-electron chi connectivity index (χ4n) is 4.58. The van der Waals surface area contributed by atoms with Crippen molar-refractivity contribution in [1.82, 2.24) is 9.80 Å². The molecule has 0 aromatic heterocycles. The number of hydrogen-bond donors (Lipinski definition) is 1. The average molecular weight is 495 g/mol. The molecule has 0 bridgehead atoms. The van der Waals surface area contributed by atoms with E-state index in [4.69, 9.17) is 4.74 Å². The third-order valence-corrected chi connectivity index (χ3v) is 7.06. The maximum absolute atomic E-state index is 13.6. The Hall–Kier alpha value is -3.35. The van der Waals surface area contributed by atoms with Gasteiger partial charge in [-0.3, -0.25) is 9.69 Å². The fourth-order valence-corrected chi connectivity index (χ4v) is 4.58. The Morgan fingerprint density at radius 1 is 1.03 bits per heavy atom. The number of ether oxygens (including phenoxy) is 1. The number of nitrogens with zero attached hydrogens (tertiary/aromatic N) is 2. The van der Waals surface area contributed by atoms with Crippen LogP contribution in [0.15, 0.2) is 42.5 Å². The van der Waals surface area contributed by atoms with Gasteiger partial charge in [0, 0.05) is 6.54 Å². The number of rotatable bonds is 11. The van der Waals surface area contributed by atoms with Crippen LogP contribution in [0.25, 0.3) is 0 Å². The normalized spacial score (nSPS) is 18.2. The molecular weight excluding hydrogens is 456 g/mol. The van der Waals surface area contributed by atoms with Crippen molar-refractivity contribution in [3.05, 3.63) is 64.7 Å². The molecule has 7 nitrogen and oxygen atoms in total. The van der Waals surface area contributed by atoms with Gasteiger partial charge in [-0.1, -0.05) is 37.3 Å². The first-order valence-corrected chi connectivity index (χ1v) is 12.6. The van der Waals surface area contributed by atoms with Crippen molar-refractivity contribution in [3.8, 4) is 5.75 Å². The molecule has 7 heteroatoms. The quantitative estimate of drug-likeness (QED) is 0.417. The van der Waals surface area contributed by atoms with Crippen molar-refractivity contribution in [2.24, 2.45) is 0 Å². The average Bonchev–Trinajstić information content (AvgIpc) is 2.98. The summed E-state index contributed by atoms with van der Waals surface area (Å²) in [5, 5.41) is 9.24. The highest BCUT2D eigenvalue weighted by Crippen LogP contribution is 2.34. The van der Waals surface area contributed by atoms with Gasteiger partial charge in [0.2, 0.25) is 0 Å². The summed E-state index contributed by atoms with van der Waals surface area (Å²) in [4.78, 5) is 41.3. The van der Waals surface area contributed by atoms with Crippen LogP contribution in [-0.2, 0) is 22.6 Å². The van der Waals surface area contributed by atoms with E-state index in [1.54, 1.807) is 17.0 Å². The van der Waals surface area contributed by atoms with Gasteiger partial charge in [0.15, 0.2) is 5.60 Å². The van der Waals surface area contributed by atoms with Gasteiger partial charge in [-0.15, -0.1) is 0 Å². The zero-order chi connectivity index (χ0) is 26.7. The number of urea groups is 1. The molecule has 194 valence electrons. The maximum Gasteiger partial charge on any atom is 0.347 e. The second kappa shape index (κ2) is 10.7. The third-order valence-electron chi connectivity index (χ3n) is 7.06. The molecule has 1 aliphatic rings. The van der Waals surface area contributed by atoms with Gasteiger partial charge in [-0.2, -0.15) is 0 Å². The van der Waals surface area contributed by atoms with Crippen LogP contribution < -0.4 is 4.74 Å². The van der Waals surface area contributed by atoms with Gasteiger partial charge in [0.1, 0.15) is 11.3 Å². The maximum atomic E-state index is 13.6. The van der Waals surface area contributed by atoms with E-state index in [1.807, 2.05) is 58.0 Å².